The van der Waals surface area contributed by atoms with Gasteiger partial charge < -0.3 is 15.8 Å². The lowest BCUT2D eigenvalue weighted by Crippen LogP contribution is -2.34. The Labute approximate surface area is 227 Å². The average molecular weight is 549 g/mol. The second-order valence-electron chi connectivity index (χ2n) is 8.55. The predicted octanol–water partition coefficient (Wildman–Crippen LogP) is 3.44. The number of nitriles is 1. The molecule has 0 aliphatic heterocycles. The number of anilines is 1. The Morgan fingerprint density at radius 3 is 2.59 bits per heavy atom. The molecule has 2 heterocycles. The number of nitrogens with one attached hydrogen (secondary N) is 1. The van der Waals surface area contributed by atoms with Gasteiger partial charge in [0.05, 0.1) is 36.2 Å². The quantitative estimate of drug-likeness (QED) is 0.345. The van der Waals surface area contributed by atoms with Crippen LogP contribution in [0.25, 0.3) is 11.1 Å². The molecule has 0 radical (unpaired) electrons. The third-order valence-corrected chi connectivity index (χ3v) is 6.20. The maximum absolute atomic E-state index is 14.3. The molecule has 2 amide bonds. The van der Waals surface area contributed by atoms with Gasteiger partial charge in [0, 0.05) is 47.6 Å². The standard InChI is InChI=1S/C27H22ClFN6O4/c1-34-8-7-18(33-34)11-23(27(38)32-17-5-6-19(26(31)37)22(29)10-17)35-14-24(39-2)21(12-25(35)36)20-9-16(28)4-3-15(20)13-30/h3-10,12,14,23H,11H2,1-2H3,(H2,31,37)(H,32,38). The van der Waals surface area contributed by atoms with Gasteiger partial charge in [-0.2, -0.15) is 10.4 Å². The summed E-state index contributed by atoms with van der Waals surface area (Å²) in [7, 11) is 3.10. The van der Waals surface area contributed by atoms with Crippen molar-refractivity contribution in [3.05, 3.63) is 98.9 Å². The summed E-state index contributed by atoms with van der Waals surface area (Å²) in [5.74, 6) is -2.29. The molecule has 39 heavy (non-hydrogen) atoms. The molecule has 12 heteroatoms. The Bertz CT molecular complexity index is 1690. The van der Waals surface area contributed by atoms with E-state index in [1.807, 2.05) is 0 Å². The minimum atomic E-state index is -1.14. The van der Waals surface area contributed by atoms with Gasteiger partial charge in [0.2, 0.25) is 5.91 Å². The van der Waals surface area contributed by atoms with E-state index in [-0.39, 0.29) is 29.0 Å². The number of hydrogen-bond donors (Lipinski definition) is 2. The molecule has 4 aromatic rings. The molecule has 198 valence electrons. The number of nitrogens with zero attached hydrogens (tertiary/aromatic N) is 4. The fraction of sp³-hybridized carbons (Fsp3) is 0.148. The van der Waals surface area contributed by atoms with Gasteiger partial charge in [-0.25, -0.2) is 4.39 Å². The van der Waals surface area contributed by atoms with Gasteiger partial charge >= 0.3 is 0 Å². The number of methoxy groups -OCH3 is 1. The van der Waals surface area contributed by atoms with Crippen molar-refractivity contribution in [2.24, 2.45) is 12.8 Å². The van der Waals surface area contributed by atoms with Crippen LogP contribution < -0.4 is 21.3 Å². The maximum Gasteiger partial charge on any atom is 0.252 e. The third kappa shape index (κ3) is 5.81. The van der Waals surface area contributed by atoms with Gasteiger partial charge in [0.15, 0.2) is 0 Å². The molecular formula is C27H22ClFN6O4. The molecule has 0 bridgehead atoms. The molecule has 0 saturated carbocycles. The SMILES string of the molecule is COc1cn(C(Cc2ccn(C)n2)C(=O)Nc2ccc(C(N)=O)c(F)c2)c(=O)cc1-c1cc(Cl)ccc1C#N. The minimum Gasteiger partial charge on any atom is -0.495 e. The van der Waals surface area contributed by atoms with Crippen molar-refractivity contribution in [2.45, 2.75) is 12.5 Å². The van der Waals surface area contributed by atoms with E-state index in [1.54, 1.807) is 36.1 Å². The summed E-state index contributed by atoms with van der Waals surface area (Å²) >= 11 is 6.14. The number of rotatable bonds is 8. The van der Waals surface area contributed by atoms with Gasteiger partial charge in [-0.15, -0.1) is 0 Å². The first kappa shape index (κ1) is 27.1. The summed E-state index contributed by atoms with van der Waals surface area (Å²) in [5, 5.41) is 16.8. The molecule has 2 aromatic carbocycles. The van der Waals surface area contributed by atoms with Gasteiger partial charge in [0.25, 0.3) is 11.5 Å². The number of benzene rings is 2. The fourth-order valence-electron chi connectivity index (χ4n) is 4.09. The van der Waals surface area contributed by atoms with Crippen LogP contribution in [0, 0.1) is 17.1 Å². The molecular weight excluding hydrogens is 527 g/mol. The average Bonchev–Trinajstić information content (AvgIpc) is 3.31. The summed E-state index contributed by atoms with van der Waals surface area (Å²) in [4.78, 5) is 38.2. The molecule has 0 aliphatic rings. The van der Waals surface area contributed by atoms with Crippen molar-refractivity contribution in [1.82, 2.24) is 14.3 Å². The molecule has 1 unspecified atom stereocenters. The van der Waals surface area contributed by atoms with E-state index in [0.29, 0.717) is 21.8 Å². The van der Waals surface area contributed by atoms with Crippen molar-refractivity contribution in [2.75, 3.05) is 12.4 Å². The zero-order valence-corrected chi connectivity index (χ0v) is 21.6. The fourth-order valence-corrected chi connectivity index (χ4v) is 4.26. The van der Waals surface area contributed by atoms with E-state index >= 15 is 0 Å². The van der Waals surface area contributed by atoms with E-state index in [0.717, 1.165) is 12.1 Å². The van der Waals surface area contributed by atoms with Crippen LogP contribution in [0.4, 0.5) is 10.1 Å². The van der Waals surface area contributed by atoms with Gasteiger partial charge in [-0.3, -0.25) is 23.6 Å². The summed E-state index contributed by atoms with van der Waals surface area (Å²) in [6, 6.07) is 12.0. The highest BCUT2D eigenvalue weighted by Crippen LogP contribution is 2.33. The summed E-state index contributed by atoms with van der Waals surface area (Å²) in [6.07, 6.45) is 3.07. The zero-order chi connectivity index (χ0) is 28.3. The largest absolute Gasteiger partial charge is 0.495 e. The van der Waals surface area contributed by atoms with Crippen LogP contribution in [0.3, 0.4) is 0 Å². The first-order valence-corrected chi connectivity index (χ1v) is 11.9. The maximum atomic E-state index is 14.3. The number of aromatic nitrogens is 3. The van der Waals surface area contributed by atoms with Crippen LogP contribution >= 0.6 is 11.6 Å². The van der Waals surface area contributed by atoms with Crippen molar-refractivity contribution >= 4 is 29.1 Å². The zero-order valence-electron chi connectivity index (χ0n) is 20.8. The number of carbonyl (C=O) groups is 2. The molecule has 1 atom stereocenters. The molecule has 10 nitrogen and oxygen atoms in total. The minimum absolute atomic E-state index is 0.0115. The Morgan fingerprint density at radius 2 is 1.97 bits per heavy atom. The Kier molecular flexibility index (Phi) is 7.78. The first-order chi connectivity index (χ1) is 18.6. The lowest BCUT2D eigenvalue weighted by atomic mass is 10.00. The summed E-state index contributed by atoms with van der Waals surface area (Å²) in [5.41, 5.74) is 5.82. The number of halogens is 2. The van der Waals surface area contributed by atoms with Crippen LogP contribution in [0.2, 0.25) is 5.02 Å². The highest BCUT2D eigenvalue weighted by atomic mass is 35.5. The Hall–Kier alpha value is -4.95. The summed E-state index contributed by atoms with van der Waals surface area (Å²) < 4.78 is 22.6. The van der Waals surface area contributed by atoms with Crippen molar-refractivity contribution in [3.8, 4) is 22.9 Å². The third-order valence-electron chi connectivity index (χ3n) is 5.97. The van der Waals surface area contributed by atoms with Gasteiger partial charge in [-0.05, 0) is 42.5 Å². The van der Waals surface area contributed by atoms with Crippen LogP contribution in [-0.2, 0) is 18.3 Å². The number of ether oxygens (including phenoxy) is 1. The van der Waals surface area contributed by atoms with Crippen molar-refractivity contribution < 1.29 is 18.7 Å². The molecule has 0 spiro atoms. The predicted molar refractivity (Wildman–Crippen MR) is 142 cm³/mol. The Morgan fingerprint density at radius 1 is 1.21 bits per heavy atom. The van der Waals surface area contributed by atoms with Crippen molar-refractivity contribution in [1.29, 1.82) is 5.26 Å². The highest BCUT2D eigenvalue weighted by Gasteiger charge is 2.26. The summed E-state index contributed by atoms with van der Waals surface area (Å²) in [6.45, 7) is 0. The van der Waals surface area contributed by atoms with Gasteiger partial charge in [0.1, 0.15) is 17.6 Å². The lowest BCUT2D eigenvalue weighted by molar-refractivity contribution is -0.119. The van der Waals surface area contributed by atoms with E-state index < -0.39 is 29.2 Å². The molecule has 0 saturated heterocycles. The second-order valence-corrected chi connectivity index (χ2v) is 8.99. The number of pyridine rings is 1. The van der Waals surface area contributed by atoms with E-state index in [9.17, 15) is 24.0 Å². The molecule has 4 rings (SSSR count). The number of aryl methyl sites for hydroxylation is 1. The van der Waals surface area contributed by atoms with Crippen molar-refractivity contribution in [3.63, 3.8) is 0 Å². The molecule has 3 N–H and O–H groups in total. The van der Waals surface area contributed by atoms with Crippen LogP contribution in [0.5, 0.6) is 5.75 Å². The first-order valence-electron chi connectivity index (χ1n) is 11.5. The van der Waals surface area contributed by atoms with Crippen LogP contribution in [-0.4, -0.2) is 33.3 Å². The number of hydrogen-bond acceptors (Lipinski definition) is 6. The lowest BCUT2D eigenvalue weighted by Gasteiger charge is -2.21. The smallest absolute Gasteiger partial charge is 0.252 e. The monoisotopic (exact) mass is 548 g/mol. The second kappa shape index (κ2) is 11.2. The number of carbonyl (C=O) groups excluding carboxylic acids is 2. The normalized spacial score (nSPS) is 11.5. The van der Waals surface area contributed by atoms with Crippen LogP contribution in [0.1, 0.15) is 27.7 Å². The topological polar surface area (TPSA) is 145 Å². The number of primary amides is 1. The highest BCUT2D eigenvalue weighted by molar-refractivity contribution is 6.31. The van der Waals surface area contributed by atoms with E-state index in [4.69, 9.17) is 22.1 Å². The number of amides is 2. The van der Waals surface area contributed by atoms with E-state index in [2.05, 4.69) is 16.5 Å². The van der Waals surface area contributed by atoms with Gasteiger partial charge in [-0.1, -0.05) is 11.6 Å². The molecule has 0 aliphatic carbocycles. The van der Waals surface area contributed by atoms with E-state index in [1.165, 1.54) is 36.1 Å². The van der Waals surface area contributed by atoms with Crippen LogP contribution in [0.15, 0.2) is 65.7 Å². The molecule has 2 aromatic heterocycles. The molecule has 0 fully saturated rings. The Balaban J connectivity index is 1.79. The number of nitrogens with two attached hydrogens (primary N) is 1.